The summed E-state index contributed by atoms with van der Waals surface area (Å²) in [5, 5.41) is 12.5. The molecule has 2 aromatic heterocycles. The molecule has 0 radical (unpaired) electrons. The third kappa shape index (κ3) is 7.24. The monoisotopic (exact) mass is 520 g/mol. The van der Waals surface area contributed by atoms with E-state index in [1.807, 2.05) is 12.1 Å². The van der Waals surface area contributed by atoms with E-state index in [2.05, 4.69) is 47.2 Å². The number of amides is 2. The molecular formula is C21H22BrClN6O3. The SMILES string of the molecule is CC(=O)NCCNc1cc(NCCNC(=O)c2ccc(Br)o2)nc(-c2ccc(Cl)cc2)n1. The van der Waals surface area contributed by atoms with Gasteiger partial charge in [0.1, 0.15) is 11.6 Å². The van der Waals surface area contributed by atoms with Crippen molar-refractivity contribution in [1.29, 1.82) is 0 Å². The number of furan rings is 1. The predicted octanol–water partition coefficient (Wildman–Crippen LogP) is 3.54. The van der Waals surface area contributed by atoms with E-state index in [9.17, 15) is 9.59 Å². The Morgan fingerprint density at radius 3 is 2.12 bits per heavy atom. The average molecular weight is 522 g/mol. The van der Waals surface area contributed by atoms with Crippen LogP contribution in [0.15, 0.2) is 51.6 Å². The summed E-state index contributed by atoms with van der Waals surface area (Å²) in [6, 6.07) is 12.2. The summed E-state index contributed by atoms with van der Waals surface area (Å²) in [6.07, 6.45) is 0. The molecule has 0 saturated carbocycles. The maximum atomic E-state index is 12.1. The number of anilines is 2. The second kappa shape index (κ2) is 11.5. The van der Waals surface area contributed by atoms with Crippen LogP contribution < -0.4 is 21.3 Å². The van der Waals surface area contributed by atoms with Gasteiger partial charge in [0.05, 0.1) is 0 Å². The first kappa shape index (κ1) is 23.6. The number of benzene rings is 1. The lowest BCUT2D eigenvalue weighted by molar-refractivity contribution is -0.118. The van der Waals surface area contributed by atoms with E-state index in [0.29, 0.717) is 53.3 Å². The average Bonchev–Trinajstić information content (AvgIpc) is 3.21. The summed E-state index contributed by atoms with van der Waals surface area (Å²) in [5.41, 5.74) is 0.805. The Kier molecular flexibility index (Phi) is 8.46. The van der Waals surface area contributed by atoms with Crippen molar-refractivity contribution in [2.75, 3.05) is 36.8 Å². The summed E-state index contributed by atoms with van der Waals surface area (Å²) in [4.78, 5) is 32.2. The van der Waals surface area contributed by atoms with Crippen molar-refractivity contribution in [1.82, 2.24) is 20.6 Å². The van der Waals surface area contributed by atoms with Crippen LogP contribution in [0, 0.1) is 0 Å². The van der Waals surface area contributed by atoms with E-state index in [1.165, 1.54) is 6.92 Å². The number of hydrogen-bond acceptors (Lipinski definition) is 7. The fourth-order valence-corrected chi connectivity index (χ4v) is 3.11. The quantitative estimate of drug-likeness (QED) is 0.301. The van der Waals surface area contributed by atoms with Crippen LogP contribution in [0.3, 0.4) is 0 Å². The van der Waals surface area contributed by atoms with Crippen molar-refractivity contribution in [3.63, 3.8) is 0 Å². The number of nitrogens with one attached hydrogen (secondary N) is 4. The zero-order chi connectivity index (χ0) is 22.9. The molecular weight excluding hydrogens is 500 g/mol. The molecule has 0 aliphatic rings. The maximum absolute atomic E-state index is 12.1. The zero-order valence-electron chi connectivity index (χ0n) is 17.2. The minimum atomic E-state index is -0.303. The Labute approximate surface area is 198 Å². The van der Waals surface area contributed by atoms with Crippen LogP contribution in [0.5, 0.6) is 0 Å². The zero-order valence-corrected chi connectivity index (χ0v) is 19.6. The molecule has 11 heteroatoms. The van der Waals surface area contributed by atoms with Gasteiger partial charge < -0.3 is 25.7 Å². The molecule has 9 nitrogen and oxygen atoms in total. The molecule has 0 saturated heterocycles. The third-order valence-corrected chi connectivity index (χ3v) is 4.83. The summed E-state index contributed by atoms with van der Waals surface area (Å²) in [6.45, 7) is 3.24. The lowest BCUT2D eigenvalue weighted by atomic mass is 10.2. The van der Waals surface area contributed by atoms with E-state index in [0.717, 1.165) is 5.56 Å². The van der Waals surface area contributed by atoms with Gasteiger partial charge in [0.2, 0.25) is 5.91 Å². The van der Waals surface area contributed by atoms with Crippen LogP contribution in [0.2, 0.25) is 5.02 Å². The van der Waals surface area contributed by atoms with Gasteiger partial charge in [-0.3, -0.25) is 9.59 Å². The van der Waals surface area contributed by atoms with Gasteiger partial charge in [-0.15, -0.1) is 0 Å². The summed E-state index contributed by atoms with van der Waals surface area (Å²) in [7, 11) is 0. The molecule has 3 aromatic rings. The highest BCUT2D eigenvalue weighted by atomic mass is 79.9. The third-order valence-electron chi connectivity index (χ3n) is 4.15. The predicted molar refractivity (Wildman–Crippen MR) is 127 cm³/mol. The highest BCUT2D eigenvalue weighted by Crippen LogP contribution is 2.22. The number of carbonyl (C=O) groups excluding carboxylic acids is 2. The lowest BCUT2D eigenvalue weighted by Crippen LogP contribution is -2.28. The molecule has 2 amide bonds. The van der Waals surface area contributed by atoms with Crippen molar-refractivity contribution in [3.8, 4) is 11.4 Å². The summed E-state index contributed by atoms with van der Waals surface area (Å²) < 4.78 is 5.73. The molecule has 0 atom stereocenters. The minimum Gasteiger partial charge on any atom is -0.444 e. The molecule has 0 spiro atoms. The van der Waals surface area contributed by atoms with E-state index in [4.69, 9.17) is 16.0 Å². The minimum absolute atomic E-state index is 0.0948. The van der Waals surface area contributed by atoms with Gasteiger partial charge in [0.15, 0.2) is 16.3 Å². The molecule has 0 fully saturated rings. The molecule has 2 heterocycles. The van der Waals surface area contributed by atoms with Crippen LogP contribution in [-0.4, -0.2) is 48.0 Å². The number of hydrogen-bond donors (Lipinski definition) is 4. The number of rotatable bonds is 10. The first-order valence-corrected chi connectivity index (χ1v) is 11.0. The molecule has 0 aliphatic carbocycles. The number of nitrogens with zero attached hydrogens (tertiary/aromatic N) is 2. The van der Waals surface area contributed by atoms with Gasteiger partial charge in [-0.25, -0.2) is 9.97 Å². The largest absolute Gasteiger partial charge is 0.444 e. The first-order chi connectivity index (χ1) is 15.4. The highest BCUT2D eigenvalue weighted by Gasteiger charge is 2.10. The van der Waals surface area contributed by atoms with Crippen molar-refractivity contribution in [2.24, 2.45) is 0 Å². The van der Waals surface area contributed by atoms with E-state index < -0.39 is 0 Å². The highest BCUT2D eigenvalue weighted by molar-refractivity contribution is 9.10. The molecule has 0 aliphatic heterocycles. The number of aromatic nitrogens is 2. The van der Waals surface area contributed by atoms with Crippen molar-refractivity contribution < 1.29 is 14.0 Å². The van der Waals surface area contributed by atoms with Gasteiger partial charge in [-0.1, -0.05) is 11.6 Å². The van der Waals surface area contributed by atoms with Crippen molar-refractivity contribution >= 4 is 51.0 Å². The topological polar surface area (TPSA) is 121 Å². The maximum Gasteiger partial charge on any atom is 0.287 e. The molecule has 1 aromatic carbocycles. The van der Waals surface area contributed by atoms with E-state index in [-0.39, 0.29) is 17.6 Å². The molecule has 0 bridgehead atoms. The fourth-order valence-electron chi connectivity index (χ4n) is 2.68. The summed E-state index contributed by atoms with van der Waals surface area (Å²) in [5.74, 6) is 1.53. The van der Waals surface area contributed by atoms with Crippen LogP contribution in [0.25, 0.3) is 11.4 Å². The second-order valence-corrected chi connectivity index (χ2v) is 7.88. The number of halogens is 2. The Morgan fingerprint density at radius 1 is 0.938 bits per heavy atom. The van der Waals surface area contributed by atoms with E-state index in [1.54, 1.807) is 30.3 Å². The lowest BCUT2D eigenvalue weighted by Gasteiger charge is -2.12. The smallest absolute Gasteiger partial charge is 0.287 e. The molecule has 4 N–H and O–H groups in total. The first-order valence-electron chi connectivity index (χ1n) is 9.81. The number of carbonyl (C=O) groups is 2. The van der Waals surface area contributed by atoms with Crippen LogP contribution in [0.1, 0.15) is 17.5 Å². The Bertz CT molecular complexity index is 1070. The van der Waals surface area contributed by atoms with Gasteiger partial charge in [0, 0.05) is 49.8 Å². The van der Waals surface area contributed by atoms with Crippen LogP contribution in [0.4, 0.5) is 11.6 Å². The van der Waals surface area contributed by atoms with Crippen LogP contribution >= 0.6 is 27.5 Å². The van der Waals surface area contributed by atoms with Crippen LogP contribution in [-0.2, 0) is 4.79 Å². The van der Waals surface area contributed by atoms with E-state index >= 15 is 0 Å². The Hall–Kier alpha value is -3.11. The fraction of sp³-hybridized carbons (Fsp3) is 0.238. The van der Waals surface area contributed by atoms with Gasteiger partial charge >= 0.3 is 0 Å². The standard InChI is InChI=1S/C21H22BrClN6O3/c1-13(30)24-8-9-25-18-12-19(29-20(28-18)14-2-4-15(23)5-3-14)26-10-11-27-21(31)16-6-7-17(22)32-16/h2-7,12H,8-11H2,1H3,(H,24,30)(H,27,31)(H2,25,26,28,29). The normalized spacial score (nSPS) is 10.5. The van der Waals surface area contributed by atoms with Gasteiger partial charge in [-0.05, 0) is 52.3 Å². The Balaban J connectivity index is 1.64. The molecule has 168 valence electrons. The van der Waals surface area contributed by atoms with Gasteiger partial charge in [-0.2, -0.15) is 0 Å². The van der Waals surface area contributed by atoms with Gasteiger partial charge in [0.25, 0.3) is 5.91 Å². The van der Waals surface area contributed by atoms with Crippen molar-refractivity contribution in [3.05, 3.63) is 57.9 Å². The van der Waals surface area contributed by atoms with Crippen molar-refractivity contribution in [2.45, 2.75) is 6.92 Å². The summed E-state index contributed by atoms with van der Waals surface area (Å²) >= 11 is 9.16. The Morgan fingerprint density at radius 2 is 1.56 bits per heavy atom. The molecule has 0 unspecified atom stereocenters. The molecule has 32 heavy (non-hydrogen) atoms. The molecule has 3 rings (SSSR count). The second-order valence-electron chi connectivity index (χ2n) is 6.67.